The zero-order valence-corrected chi connectivity index (χ0v) is 54.2. The monoisotopic (exact) mass is 1370 g/mol. The fourth-order valence-electron chi connectivity index (χ4n) is 10.9. The average molecular weight is 1370 g/mol. The molecule has 33 heteroatoms. The van der Waals surface area contributed by atoms with E-state index in [1.807, 2.05) is 6.92 Å². The molecular weight excluding hydrogens is 1310 g/mol. The van der Waals surface area contributed by atoms with Crippen LogP contribution in [0.1, 0.15) is 111 Å². The lowest BCUT2D eigenvalue weighted by Gasteiger charge is -2.29. The number of carbonyl (C=O) groups excluding carboxylic acids is 7. The van der Waals surface area contributed by atoms with Gasteiger partial charge in [-0.05, 0) is 42.3 Å². The zero-order chi connectivity index (χ0) is 65.2. The van der Waals surface area contributed by atoms with Crippen LogP contribution in [0.2, 0.25) is 0 Å². The largest absolute Gasteiger partial charge is 0.506 e. The van der Waals surface area contributed by atoms with E-state index < -0.39 is 90.3 Å². The number of phenols is 1. The van der Waals surface area contributed by atoms with Crippen molar-refractivity contribution in [3.63, 3.8) is 0 Å². The third-order valence-electron chi connectivity index (χ3n) is 15.7. The van der Waals surface area contributed by atoms with E-state index in [4.69, 9.17) is 46.6 Å². The molecule has 2 aromatic carbocycles. The Morgan fingerprint density at radius 1 is 0.731 bits per heavy atom. The number of nitrogen functional groups attached to an aromatic ring is 1. The van der Waals surface area contributed by atoms with Crippen LogP contribution in [-0.2, 0) is 25.5 Å². The minimum Gasteiger partial charge on any atom is -0.506 e. The third-order valence-corrected chi connectivity index (χ3v) is 21.2. The van der Waals surface area contributed by atoms with Gasteiger partial charge in [0.25, 0.3) is 23.6 Å². The van der Waals surface area contributed by atoms with Crippen LogP contribution in [0.4, 0.5) is 10.5 Å². The predicted molar refractivity (Wildman–Crippen MR) is 348 cm³/mol. The van der Waals surface area contributed by atoms with Crippen molar-refractivity contribution in [2.75, 3.05) is 51.7 Å². The Bertz CT molecular complexity index is 4310. The Hall–Kier alpha value is -9.06. The van der Waals surface area contributed by atoms with Gasteiger partial charge in [0.1, 0.15) is 99.9 Å². The summed E-state index contributed by atoms with van der Waals surface area (Å²) in [6.07, 6.45) is -3.59. The van der Waals surface area contributed by atoms with Gasteiger partial charge in [0.15, 0.2) is 0 Å². The number of thiazole rings is 6. The Kier molecular flexibility index (Phi) is 19.0. The number of benzene rings is 2. The molecule has 12 N–H and O–H groups in total. The molecule has 7 amide bonds. The first-order valence-electron chi connectivity index (χ1n) is 29.0. The van der Waals surface area contributed by atoms with Gasteiger partial charge < -0.3 is 63.1 Å². The molecule has 2 saturated heterocycles. The molecule has 0 aliphatic carbocycles. The maximum Gasteiger partial charge on any atom is 0.407 e. The summed E-state index contributed by atoms with van der Waals surface area (Å²) in [7, 11) is 0. The number of fused-ring (bicyclic) bond motifs is 16. The number of aryl methyl sites for hydroxylation is 1. The highest BCUT2D eigenvalue weighted by Crippen LogP contribution is 2.44. The van der Waals surface area contributed by atoms with E-state index in [-0.39, 0.29) is 63.7 Å². The van der Waals surface area contributed by atoms with Crippen LogP contribution in [0.15, 0.2) is 87.6 Å². The van der Waals surface area contributed by atoms with Gasteiger partial charge in [-0.3, -0.25) is 33.7 Å². The number of nitrogens with zero attached hydrogens (tertiary/aromatic N) is 9. The van der Waals surface area contributed by atoms with Crippen LogP contribution in [-0.4, -0.2) is 155 Å². The highest BCUT2D eigenvalue weighted by atomic mass is 32.1. The number of primary amides is 2. The molecule has 7 aromatic heterocycles. The Morgan fingerprint density at radius 2 is 1.41 bits per heavy atom. The first-order valence-corrected chi connectivity index (χ1v) is 34.2. The van der Waals surface area contributed by atoms with Crippen LogP contribution >= 0.6 is 68.0 Å². The van der Waals surface area contributed by atoms with Gasteiger partial charge in [-0.1, -0.05) is 43.3 Å². The van der Waals surface area contributed by atoms with E-state index in [0.717, 1.165) is 45.3 Å². The molecule has 7 atom stereocenters. The van der Waals surface area contributed by atoms with E-state index in [1.165, 1.54) is 55.8 Å². The number of aromatic hydroxyl groups is 1. The maximum absolute atomic E-state index is 15.7. The number of amides is 7. The number of aliphatic hydroxyl groups is 1. The number of aromatic nitrogens is 7. The number of aliphatic hydroxyl groups excluding tert-OH is 1. The minimum absolute atomic E-state index is 0.0241. The van der Waals surface area contributed by atoms with Crippen molar-refractivity contribution in [2.45, 2.75) is 63.1 Å². The molecule has 12 rings (SSSR count). The number of morpholine rings is 1. The Balaban J connectivity index is 0.958. The molecular formula is C60H58N16O11S6. The molecule has 0 unspecified atom stereocenters. The first-order chi connectivity index (χ1) is 44.8. The summed E-state index contributed by atoms with van der Waals surface area (Å²) in [6, 6.07) is 11.7. The number of hydrogen-bond acceptors (Lipinski definition) is 26. The van der Waals surface area contributed by atoms with E-state index in [0.29, 0.717) is 97.2 Å². The second kappa shape index (κ2) is 27.6. The normalized spacial score (nSPS) is 20.0. The van der Waals surface area contributed by atoms with Gasteiger partial charge in [-0.25, -0.2) is 39.7 Å². The lowest BCUT2D eigenvalue weighted by Crippen LogP contribution is -2.50. The molecule has 480 valence electrons. The minimum atomic E-state index is -1.45. The predicted octanol–water partition coefficient (Wildman–Crippen LogP) is 6.04. The molecule has 0 spiro atoms. The van der Waals surface area contributed by atoms with Crippen molar-refractivity contribution in [1.29, 1.82) is 0 Å². The lowest BCUT2D eigenvalue weighted by molar-refractivity contribution is -0.134. The van der Waals surface area contributed by atoms with Crippen molar-refractivity contribution in [1.82, 2.24) is 66.0 Å². The Morgan fingerprint density at radius 3 is 2.16 bits per heavy atom. The van der Waals surface area contributed by atoms with Gasteiger partial charge >= 0.3 is 6.09 Å². The topological polar surface area (TPSA) is 401 Å². The fraction of sp³-hybridized carbons (Fsp3) is 0.300. The summed E-state index contributed by atoms with van der Waals surface area (Å²) in [4.78, 5) is 136. The summed E-state index contributed by atoms with van der Waals surface area (Å²) >= 11 is 6.78. The van der Waals surface area contributed by atoms with Gasteiger partial charge in [0, 0.05) is 75.9 Å². The van der Waals surface area contributed by atoms with Crippen LogP contribution in [0, 0.1) is 12.8 Å². The van der Waals surface area contributed by atoms with Gasteiger partial charge in [-0.15, -0.1) is 68.0 Å². The van der Waals surface area contributed by atoms with Crippen molar-refractivity contribution in [2.24, 2.45) is 17.4 Å². The van der Waals surface area contributed by atoms with Crippen molar-refractivity contribution < 1.29 is 53.2 Å². The van der Waals surface area contributed by atoms with Crippen molar-refractivity contribution in [3.8, 4) is 49.1 Å². The number of carbonyl (C=O) groups is 7. The van der Waals surface area contributed by atoms with E-state index in [1.54, 1.807) is 66.2 Å². The number of nitrogens with two attached hydrogens (primary N) is 3. The van der Waals surface area contributed by atoms with E-state index in [9.17, 15) is 39.0 Å². The highest BCUT2D eigenvalue weighted by molar-refractivity contribution is 7.15. The Labute approximate surface area is 553 Å². The number of anilines is 1. The zero-order valence-electron chi connectivity index (χ0n) is 49.3. The smallest absolute Gasteiger partial charge is 0.407 e. The number of alkyl carbamates (subject to hydrolysis) is 1. The SMILES string of the molecule is Cc1sc2nc1C(=O)N[C@@H]([C@H](O)c1ccccc1)c1nc(cs1)C(=O)N[C@@H](Cc1ccc(O)c(N)c1)C(=O)N1C[C@H](OC(=O)NCCN3CCOCC3)[C@H](C)[C@@H]1c1nc(cs1)-c1nc(cs1)-c1nc(-c3nc(C(N)=O)cs3)ccc1-c1nc(cs1)C(=O)N[C@H]2CC(N)=O. The molecule has 3 aliphatic rings. The number of phenolic OH excluding ortho intramolecular Hbond substituents is 1. The summed E-state index contributed by atoms with van der Waals surface area (Å²) < 4.78 is 11.6. The third kappa shape index (κ3) is 14.2. The molecule has 10 heterocycles. The molecule has 9 aromatic rings. The molecule has 10 bridgehead atoms. The first kappa shape index (κ1) is 64.1. The second-order valence-corrected chi connectivity index (χ2v) is 27.5. The van der Waals surface area contributed by atoms with Crippen LogP contribution in [0.5, 0.6) is 5.75 Å². The maximum atomic E-state index is 15.7. The van der Waals surface area contributed by atoms with Crippen molar-refractivity contribution in [3.05, 3.63) is 141 Å². The summed E-state index contributed by atoms with van der Waals surface area (Å²) in [5.74, 6) is -5.15. The van der Waals surface area contributed by atoms with Gasteiger partial charge in [0.05, 0.1) is 49.6 Å². The van der Waals surface area contributed by atoms with Crippen LogP contribution in [0.3, 0.4) is 0 Å². The molecule has 3 aliphatic heterocycles. The van der Waals surface area contributed by atoms with E-state index in [2.05, 4.69) is 41.1 Å². The quantitative estimate of drug-likeness (QED) is 0.0497. The second-order valence-electron chi connectivity index (χ2n) is 21.9. The average Bonchev–Trinajstić information content (AvgIpc) is 1.66. The standard InChI is InChI=1S/C60H58N16O11S6/c1-27-42(87-60(85)64-12-13-75-14-16-86-17-15-75)21-76-47(27)58-72-40(26-92-58)55-68-36(22-89-55)45-31(9-10-33(65-45)54-69-37(23-90-54)49(63)80)53-70-38(24-88-53)50(81)66-34(20-43(62)78)56-74-44(28(2)93-56)52(83)73-46(48(79)30-6-4-3-5-7-30)57-71-39(25-91-57)51(82)67-35(59(76)84)19-29-8-11-41(77)32(61)18-29/h3-11,18,22-27,34-35,42,46-48,77,79H,12-17,19-21,61H2,1-2H3,(H2,62,78)(H2,63,80)(H,64,85)(H,66,81)(H,67,82)(H,73,83)/t27-,34-,35-,42-,46-,47+,48+/m0/s1. The fourth-order valence-corrected chi connectivity index (χ4v) is 16.2. The lowest BCUT2D eigenvalue weighted by atomic mass is 10.00. The number of hydrogen-bond donors (Lipinski definition) is 9. The molecule has 0 saturated carbocycles. The number of ether oxygens (including phenoxy) is 2. The summed E-state index contributed by atoms with van der Waals surface area (Å²) in [6.45, 7) is 6.78. The molecule has 2 fully saturated rings. The van der Waals surface area contributed by atoms with Crippen molar-refractivity contribution >= 4 is 115 Å². The summed E-state index contributed by atoms with van der Waals surface area (Å²) in [5.41, 5.74) is 20.1. The van der Waals surface area contributed by atoms with Crippen LogP contribution < -0.4 is 38.5 Å². The van der Waals surface area contributed by atoms with Gasteiger partial charge in [0.2, 0.25) is 11.8 Å². The van der Waals surface area contributed by atoms with Crippen LogP contribution in [0.25, 0.3) is 43.4 Å². The number of nitrogens with one attached hydrogen (secondary N) is 4. The van der Waals surface area contributed by atoms with Gasteiger partial charge in [-0.2, -0.15) is 0 Å². The van der Waals surface area contributed by atoms with E-state index >= 15 is 4.79 Å². The number of pyridine rings is 1. The molecule has 27 nitrogen and oxygen atoms in total. The highest BCUT2D eigenvalue weighted by Gasteiger charge is 2.48. The molecule has 93 heavy (non-hydrogen) atoms. The number of rotatable bonds is 12. The molecule has 0 radical (unpaired) electrons. The summed E-state index contributed by atoms with van der Waals surface area (Å²) in [5, 5.41) is 43.9.